The van der Waals surface area contributed by atoms with E-state index in [1.807, 2.05) is 48.5 Å². The molecule has 1 heterocycles. The van der Waals surface area contributed by atoms with Crippen LogP contribution in [0.15, 0.2) is 77.2 Å². The standard InChI is InChI=1S/C21H14ClN3O2S/c22-15-9-5-13(6-10-15)19(26)25-21(28)23-16-11-7-14(8-12-16)20-24-17-3-1-2-4-18(17)27-20/h1-12H,(H2,23,25,26,28). The number of nitrogens with one attached hydrogen (secondary N) is 2. The van der Waals surface area contributed by atoms with E-state index in [1.165, 1.54) is 0 Å². The summed E-state index contributed by atoms with van der Waals surface area (Å²) in [6.07, 6.45) is 0. The zero-order valence-corrected chi connectivity index (χ0v) is 16.1. The number of fused-ring (bicyclic) bond motifs is 1. The van der Waals surface area contributed by atoms with E-state index in [9.17, 15) is 4.79 Å². The Morgan fingerprint density at radius 1 is 0.964 bits per heavy atom. The lowest BCUT2D eigenvalue weighted by Crippen LogP contribution is -2.34. The number of thiocarbonyl (C=S) groups is 1. The lowest BCUT2D eigenvalue weighted by Gasteiger charge is -2.10. The SMILES string of the molecule is O=C(NC(=S)Nc1ccc(-c2nc3ccccc3o2)cc1)c1ccc(Cl)cc1. The number of carbonyl (C=O) groups is 1. The summed E-state index contributed by atoms with van der Waals surface area (Å²) in [5.74, 6) is 0.239. The molecule has 3 aromatic carbocycles. The molecule has 0 radical (unpaired) electrons. The van der Waals surface area contributed by atoms with Crippen LogP contribution in [0.3, 0.4) is 0 Å². The Morgan fingerprint density at radius 3 is 2.39 bits per heavy atom. The quantitative estimate of drug-likeness (QED) is 0.452. The second-order valence-electron chi connectivity index (χ2n) is 5.98. The number of hydrogen-bond donors (Lipinski definition) is 2. The fourth-order valence-electron chi connectivity index (χ4n) is 2.63. The number of nitrogens with zero attached hydrogens (tertiary/aromatic N) is 1. The van der Waals surface area contributed by atoms with Gasteiger partial charge < -0.3 is 9.73 Å². The topological polar surface area (TPSA) is 67.2 Å². The van der Waals surface area contributed by atoms with Gasteiger partial charge >= 0.3 is 0 Å². The smallest absolute Gasteiger partial charge is 0.257 e. The minimum Gasteiger partial charge on any atom is -0.436 e. The van der Waals surface area contributed by atoms with Crippen LogP contribution in [0, 0.1) is 0 Å². The fraction of sp³-hybridized carbons (Fsp3) is 0. The largest absolute Gasteiger partial charge is 0.436 e. The normalized spacial score (nSPS) is 10.6. The molecule has 4 rings (SSSR count). The van der Waals surface area contributed by atoms with Crippen LogP contribution in [-0.4, -0.2) is 16.0 Å². The molecule has 2 N–H and O–H groups in total. The number of oxazole rings is 1. The third kappa shape index (κ3) is 4.03. The van der Waals surface area contributed by atoms with E-state index in [-0.39, 0.29) is 11.0 Å². The van der Waals surface area contributed by atoms with Crippen molar-refractivity contribution in [2.24, 2.45) is 0 Å². The maximum Gasteiger partial charge on any atom is 0.257 e. The van der Waals surface area contributed by atoms with Crippen LogP contribution in [0.25, 0.3) is 22.6 Å². The van der Waals surface area contributed by atoms with Crippen molar-refractivity contribution in [3.63, 3.8) is 0 Å². The highest BCUT2D eigenvalue weighted by Crippen LogP contribution is 2.25. The molecule has 0 saturated heterocycles. The molecule has 0 saturated carbocycles. The van der Waals surface area contributed by atoms with Crippen LogP contribution in [0.2, 0.25) is 5.02 Å². The van der Waals surface area contributed by atoms with Crippen LogP contribution < -0.4 is 10.6 Å². The molecule has 0 atom stereocenters. The number of amides is 1. The molecule has 138 valence electrons. The summed E-state index contributed by atoms with van der Waals surface area (Å²) >= 11 is 11.0. The zero-order chi connectivity index (χ0) is 19.5. The number of aromatic nitrogens is 1. The summed E-state index contributed by atoms with van der Waals surface area (Å²) in [6, 6.07) is 21.6. The number of hydrogen-bond acceptors (Lipinski definition) is 4. The molecular weight excluding hydrogens is 394 g/mol. The van der Waals surface area contributed by atoms with E-state index in [4.69, 9.17) is 28.2 Å². The first-order valence-corrected chi connectivity index (χ1v) is 9.21. The molecule has 4 aromatic rings. The summed E-state index contributed by atoms with van der Waals surface area (Å²) < 4.78 is 5.76. The van der Waals surface area contributed by atoms with Crippen molar-refractivity contribution in [1.29, 1.82) is 0 Å². The Labute approximate surface area is 171 Å². The lowest BCUT2D eigenvalue weighted by molar-refractivity contribution is 0.0977. The zero-order valence-electron chi connectivity index (χ0n) is 14.5. The molecule has 0 aliphatic rings. The van der Waals surface area contributed by atoms with Crippen molar-refractivity contribution in [2.75, 3.05) is 5.32 Å². The van der Waals surface area contributed by atoms with Crippen LogP contribution >= 0.6 is 23.8 Å². The van der Waals surface area contributed by atoms with Gasteiger partial charge in [0.1, 0.15) is 5.52 Å². The molecule has 0 aliphatic carbocycles. The van der Waals surface area contributed by atoms with Gasteiger partial charge in [-0.2, -0.15) is 0 Å². The van der Waals surface area contributed by atoms with Crippen molar-refractivity contribution in [3.8, 4) is 11.5 Å². The highest BCUT2D eigenvalue weighted by atomic mass is 35.5. The van der Waals surface area contributed by atoms with Gasteiger partial charge in [0, 0.05) is 21.8 Å². The van der Waals surface area contributed by atoms with E-state index in [2.05, 4.69) is 15.6 Å². The average Bonchev–Trinajstić information content (AvgIpc) is 3.13. The minimum absolute atomic E-state index is 0.203. The first-order chi connectivity index (χ1) is 13.6. The summed E-state index contributed by atoms with van der Waals surface area (Å²) in [4.78, 5) is 16.7. The maximum absolute atomic E-state index is 12.2. The third-order valence-corrected chi connectivity index (χ3v) is 4.47. The molecule has 7 heteroatoms. The fourth-order valence-corrected chi connectivity index (χ4v) is 2.97. The van der Waals surface area contributed by atoms with Gasteiger partial charge in [-0.05, 0) is 72.9 Å². The van der Waals surface area contributed by atoms with Crippen molar-refractivity contribution < 1.29 is 9.21 Å². The second-order valence-corrected chi connectivity index (χ2v) is 6.82. The molecule has 0 unspecified atom stereocenters. The Kier molecular flexibility index (Phi) is 5.06. The predicted octanol–water partition coefficient (Wildman–Crippen LogP) is 5.28. The Morgan fingerprint density at radius 2 is 1.68 bits per heavy atom. The molecule has 28 heavy (non-hydrogen) atoms. The first kappa shape index (κ1) is 18.2. The number of halogens is 1. The van der Waals surface area contributed by atoms with Crippen molar-refractivity contribution in [1.82, 2.24) is 10.3 Å². The third-order valence-electron chi connectivity index (χ3n) is 4.02. The van der Waals surface area contributed by atoms with E-state index < -0.39 is 0 Å². The highest BCUT2D eigenvalue weighted by molar-refractivity contribution is 7.80. The van der Waals surface area contributed by atoms with Crippen LogP contribution in [0.1, 0.15) is 10.4 Å². The van der Waals surface area contributed by atoms with E-state index >= 15 is 0 Å². The predicted molar refractivity (Wildman–Crippen MR) is 115 cm³/mol. The Balaban J connectivity index is 1.41. The van der Waals surface area contributed by atoms with E-state index in [0.717, 1.165) is 22.4 Å². The van der Waals surface area contributed by atoms with Crippen LogP contribution in [0.5, 0.6) is 0 Å². The molecule has 5 nitrogen and oxygen atoms in total. The monoisotopic (exact) mass is 407 g/mol. The lowest BCUT2D eigenvalue weighted by atomic mass is 10.2. The molecule has 0 aliphatic heterocycles. The number of rotatable bonds is 3. The van der Waals surface area contributed by atoms with Crippen LogP contribution in [0.4, 0.5) is 5.69 Å². The Bertz CT molecular complexity index is 1120. The number of anilines is 1. The van der Waals surface area contributed by atoms with Crippen molar-refractivity contribution >= 4 is 51.6 Å². The van der Waals surface area contributed by atoms with Gasteiger partial charge in [-0.15, -0.1) is 0 Å². The number of carbonyl (C=O) groups excluding carboxylic acids is 1. The summed E-state index contributed by atoms with van der Waals surface area (Å²) in [5.41, 5.74) is 3.61. The summed E-state index contributed by atoms with van der Waals surface area (Å²) in [5, 5.41) is 6.39. The summed E-state index contributed by atoms with van der Waals surface area (Å²) in [7, 11) is 0. The maximum atomic E-state index is 12.2. The van der Waals surface area contributed by atoms with Gasteiger partial charge in [-0.25, -0.2) is 4.98 Å². The second kappa shape index (κ2) is 7.80. The van der Waals surface area contributed by atoms with E-state index in [1.54, 1.807) is 24.3 Å². The average molecular weight is 408 g/mol. The summed E-state index contributed by atoms with van der Waals surface area (Å²) in [6.45, 7) is 0. The first-order valence-electron chi connectivity index (χ1n) is 8.42. The molecule has 0 bridgehead atoms. The molecule has 0 fully saturated rings. The van der Waals surface area contributed by atoms with Gasteiger partial charge in [0.05, 0.1) is 0 Å². The van der Waals surface area contributed by atoms with Gasteiger partial charge in [-0.1, -0.05) is 23.7 Å². The molecule has 1 amide bonds. The van der Waals surface area contributed by atoms with Crippen molar-refractivity contribution in [2.45, 2.75) is 0 Å². The van der Waals surface area contributed by atoms with Gasteiger partial charge in [0.15, 0.2) is 10.7 Å². The number of benzene rings is 3. The molecule has 1 aromatic heterocycles. The number of para-hydroxylation sites is 2. The Hall–Kier alpha value is -3.22. The molecular formula is C21H14ClN3O2S. The van der Waals surface area contributed by atoms with Gasteiger partial charge in [0.25, 0.3) is 5.91 Å². The van der Waals surface area contributed by atoms with Crippen LogP contribution in [-0.2, 0) is 0 Å². The van der Waals surface area contributed by atoms with Gasteiger partial charge in [-0.3, -0.25) is 10.1 Å². The highest BCUT2D eigenvalue weighted by Gasteiger charge is 2.10. The van der Waals surface area contributed by atoms with Gasteiger partial charge in [0.2, 0.25) is 5.89 Å². The minimum atomic E-state index is -0.308. The van der Waals surface area contributed by atoms with E-state index in [0.29, 0.717) is 16.5 Å². The van der Waals surface area contributed by atoms with Crippen molar-refractivity contribution in [3.05, 3.63) is 83.4 Å². The molecule has 0 spiro atoms.